The number of aromatic nitrogens is 4. The Hall–Kier alpha value is -2.23. The molecule has 0 saturated heterocycles. The maximum atomic E-state index is 12.1. The summed E-state index contributed by atoms with van der Waals surface area (Å²) < 4.78 is 25.8. The number of hydrogen-bond donors (Lipinski definition) is 1. The van der Waals surface area contributed by atoms with Gasteiger partial charge in [-0.3, -0.25) is 4.79 Å². The van der Waals surface area contributed by atoms with Crippen LogP contribution in [0.15, 0.2) is 18.2 Å². The average Bonchev–Trinajstić information content (AvgIpc) is 2.86. The van der Waals surface area contributed by atoms with Crippen LogP contribution in [0.1, 0.15) is 21.9 Å². The van der Waals surface area contributed by atoms with Gasteiger partial charge in [-0.2, -0.15) is 5.10 Å². The molecule has 0 saturated carbocycles. The summed E-state index contributed by atoms with van der Waals surface area (Å²) >= 11 is 12.0. The Balaban J connectivity index is 2.17. The Bertz CT molecular complexity index is 1160. The Labute approximate surface area is 159 Å². The molecule has 0 radical (unpaired) electrons. The molecular formula is C15H13Cl2N5O3S. The predicted octanol–water partition coefficient (Wildman–Crippen LogP) is 2.40. The van der Waals surface area contributed by atoms with E-state index in [1.165, 1.54) is 4.52 Å². The molecule has 1 N–H and O–H groups in total. The van der Waals surface area contributed by atoms with Crippen molar-refractivity contribution < 1.29 is 13.2 Å². The zero-order valence-electron chi connectivity index (χ0n) is 13.9. The van der Waals surface area contributed by atoms with Gasteiger partial charge in [0, 0.05) is 0 Å². The van der Waals surface area contributed by atoms with Crippen molar-refractivity contribution in [2.24, 2.45) is 0 Å². The minimum Gasteiger partial charge on any atom is -0.266 e. The van der Waals surface area contributed by atoms with Gasteiger partial charge < -0.3 is 0 Å². The first-order valence-corrected chi connectivity index (χ1v) is 9.93. The third-order valence-electron chi connectivity index (χ3n) is 3.64. The molecule has 1 aromatic carbocycles. The molecule has 136 valence electrons. The monoisotopic (exact) mass is 413 g/mol. The molecule has 1 amide bonds. The van der Waals surface area contributed by atoms with Crippen molar-refractivity contribution in [2.75, 3.05) is 6.26 Å². The Kier molecular flexibility index (Phi) is 4.63. The van der Waals surface area contributed by atoms with Gasteiger partial charge in [0.15, 0.2) is 11.3 Å². The third kappa shape index (κ3) is 3.37. The van der Waals surface area contributed by atoms with Gasteiger partial charge in [-0.05, 0) is 31.5 Å². The van der Waals surface area contributed by atoms with E-state index < -0.39 is 15.9 Å². The largest absolute Gasteiger partial charge is 0.287 e. The summed E-state index contributed by atoms with van der Waals surface area (Å²) in [7, 11) is -3.72. The second-order valence-electron chi connectivity index (χ2n) is 5.66. The van der Waals surface area contributed by atoms with Gasteiger partial charge in [0.1, 0.15) is 0 Å². The maximum absolute atomic E-state index is 12.1. The van der Waals surface area contributed by atoms with E-state index in [9.17, 15) is 13.2 Å². The fourth-order valence-corrected chi connectivity index (χ4v) is 3.26. The number of carbonyl (C=O) groups is 1. The van der Waals surface area contributed by atoms with Crippen molar-refractivity contribution >= 4 is 44.8 Å². The summed E-state index contributed by atoms with van der Waals surface area (Å²) in [6.45, 7) is 3.38. The third-order valence-corrected chi connectivity index (χ3v) is 4.94. The summed E-state index contributed by atoms with van der Waals surface area (Å²) in [6.07, 6.45) is 0.882. The Morgan fingerprint density at radius 3 is 2.46 bits per heavy atom. The molecule has 0 atom stereocenters. The van der Waals surface area contributed by atoms with E-state index in [0.717, 1.165) is 11.8 Å². The highest BCUT2D eigenvalue weighted by molar-refractivity contribution is 7.89. The molecule has 3 aromatic rings. The van der Waals surface area contributed by atoms with Crippen molar-refractivity contribution in [3.8, 4) is 11.1 Å². The van der Waals surface area contributed by atoms with E-state index in [1.54, 1.807) is 32.0 Å². The van der Waals surface area contributed by atoms with Gasteiger partial charge in [-0.15, -0.1) is 10.2 Å². The van der Waals surface area contributed by atoms with Gasteiger partial charge in [-0.1, -0.05) is 29.3 Å². The van der Waals surface area contributed by atoms with Crippen molar-refractivity contribution in [1.82, 2.24) is 24.5 Å². The van der Waals surface area contributed by atoms with E-state index in [0.29, 0.717) is 32.6 Å². The minimum atomic E-state index is -3.72. The average molecular weight is 414 g/mol. The molecule has 0 aliphatic rings. The van der Waals surface area contributed by atoms with Crippen LogP contribution < -0.4 is 4.72 Å². The van der Waals surface area contributed by atoms with Gasteiger partial charge in [0.05, 0.1) is 33.3 Å². The molecule has 0 spiro atoms. The molecule has 0 aliphatic carbocycles. The van der Waals surface area contributed by atoms with Crippen LogP contribution in [0.3, 0.4) is 0 Å². The SMILES string of the molecule is Cc1nn2c(C)c(C(=O)NS(C)(=O)=O)nnc2c1-c1ccc(Cl)c(Cl)c1. The maximum Gasteiger partial charge on any atom is 0.287 e. The quantitative estimate of drug-likeness (QED) is 0.706. The van der Waals surface area contributed by atoms with Crippen LogP contribution in [-0.2, 0) is 10.0 Å². The lowest BCUT2D eigenvalue weighted by atomic mass is 10.1. The zero-order chi connectivity index (χ0) is 19.2. The number of halogens is 2. The number of nitrogens with zero attached hydrogens (tertiary/aromatic N) is 4. The molecule has 0 aliphatic heterocycles. The molecule has 2 aromatic heterocycles. The highest BCUT2D eigenvalue weighted by atomic mass is 35.5. The van der Waals surface area contributed by atoms with Gasteiger partial charge in [0.2, 0.25) is 10.0 Å². The topological polar surface area (TPSA) is 106 Å². The molecule has 0 bridgehead atoms. The van der Waals surface area contributed by atoms with Gasteiger partial charge in [-0.25, -0.2) is 17.7 Å². The van der Waals surface area contributed by atoms with Crippen LogP contribution in [0.4, 0.5) is 0 Å². The number of sulfonamides is 1. The highest BCUT2D eigenvalue weighted by Gasteiger charge is 2.22. The first-order valence-electron chi connectivity index (χ1n) is 7.28. The molecule has 11 heteroatoms. The van der Waals surface area contributed by atoms with Crippen molar-refractivity contribution in [2.45, 2.75) is 13.8 Å². The predicted molar refractivity (Wildman–Crippen MR) is 98.0 cm³/mol. The highest BCUT2D eigenvalue weighted by Crippen LogP contribution is 2.32. The summed E-state index contributed by atoms with van der Waals surface area (Å²) in [6, 6.07) is 5.13. The van der Waals surface area contributed by atoms with Crippen molar-refractivity contribution in [1.29, 1.82) is 0 Å². The summed E-state index contributed by atoms with van der Waals surface area (Å²) in [4.78, 5) is 12.1. The van der Waals surface area contributed by atoms with Crippen LogP contribution in [0.2, 0.25) is 10.0 Å². The second kappa shape index (κ2) is 6.49. The van der Waals surface area contributed by atoms with E-state index in [4.69, 9.17) is 23.2 Å². The van der Waals surface area contributed by atoms with Crippen LogP contribution in [0, 0.1) is 13.8 Å². The lowest BCUT2D eigenvalue weighted by molar-refractivity contribution is 0.0974. The van der Waals surface area contributed by atoms with E-state index in [-0.39, 0.29) is 5.69 Å². The summed E-state index contributed by atoms with van der Waals surface area (Å²) in [5, 5.41) is 13.1. The number of amides is 1. The number of rotatable bonds is 3. The van der Waals surface area contributed by atoms with Crippen LogP contribution in [-0.4, -0.2) is 40.4 Å². The lowest BCUT2D eigenvalue weighted by Gasteiger charge is -2.06. The van der Waals surface area contributed by atoms with Gasteiger partial charge in [0.25, 0.3) is 5.91 Å². The minimum absolute atomic E-state index is 0.133. The van der Waals surface area contributed by atoms with Crippen LogP contribution in [0.25, 0.3) is 16.8 Å². The number of hydrogen-bond acceptors (Lipinski definition) is 6. The molecule has 0 fully saturated rings. The standard InChI is InChI=1S/C15H13Cl2N5O3S/c1-7-12(9-4-5-10(16)11(17)6-9)14-19-18-13(8(2)22(14)20-7)15(23)21-26(3,24)25/h4-6H,1-3H3,(H,21,23). The number of carbonyl (C=O) groups excluding carboxylic acids is 1. The lowest BCUT2D eigenvalue weighted by Crippen LogP contribution is -2.31. The number of aryl methyl sites for hydroxylation is 2. The fourth-order valence-electron chi connectivity index (χ4n) is 2.53. The zero-order valence-corrected chi connectivity index (χ0v) is 16.2. The molecule has 8 nitrogen and oxygen atoms in total. The van der Waals surface area contributed by atoms with E-state index >= 15 is 0 Å². The van der Waals surface area contributed by atoms with Crippen molar-refractivity contribution in [3.63, 3.8) is 0 Å². The number of nitrogens with one attached hydrogen (secondary N) is 1. The summed E-state index contributed by atoms with van der Waals surface area (Å²) in [5.74, 6) is -0.872. The molecule has 3 rings (SSSR count). The van der Waals surface area contributed by atoms with E-state index in [2.05, 4.69) is 15.3 Å². The van der Waals surface area contributed by atoms with E-state index in [1.807, 2.05) is 4.72 Å². The van der Waals surface area contributed by atoms with Crippen LogP contribution >= 0.6 is 23.2 Å². The normalized spacial score (nSPS) is 11.7. The second-order valence-corrected chi connectivity index (χ2v) is 8.22. The first-order chi connectivity index (χ1) is 12.1. The van der Waals surface area contributed by atoms with Crippen molar-refractivity contribution in [3.05, 3.63) is 45.3 Å². The van der Waals surface area contributed by atoms with Gasteiger partial charge >= 0.3 is 0 Å². The Morgan fingerprint density at radius 2 is 1.85 bits per heavy atom. The molecular weight excluding hydrogens is 401 g/mol. The first kappa shape index (κ1) is 18.6. The summed E-state index contributed by atoms with van der Waals surface area (Å²) in [5.41, 5.74) is 2.70. The fraction of sp³-hybridized carbons (Fsp3) is 0.200. The number of fused-ring (bicyclic) bond motifs is 1. The smallest absolute Gasteiger partial charge is 0.266 e. The molecule has 2 heterocycles. The number of benzene rings is 1. The molecule has 0 unspecified atom stereocenters. The Morgan fingerprint density at radius 1 is 1.15 bits per heavy atom. The molecule has 26 heavy (non-hydrogen) atoms. The van der Waals surface area contributed by atoms with Crippen LogP contribution in [0.5, 0.6) is 0 Å².